The van der Waals surface area contributed by atoms with Crippen LogP contribution in [-0.4, -0.2) is 47.3 Å². The zero-order valence-electron chi connectivity index (χ0n) is 16.3. The lowest BCUT2D eigenvalue weighted by molar-refractivity contribution is 0.101. The number of aromatic nitrogens is 2. The van der Waals surface area contributed by atoms with Crippen LogP contribution in [0.3, 0.4) is 0 Å². The predicted molar refractivity (Wildman–Crippen MR) is 110 cm³/mol. The Balaban J connectivity index is 0.00000210. The van der Waals surface area contributed by atoms with Crippen molar-refractivity contribution in [3.8, 4) is 0 Å². The Morgan fingerprint density at radius 1 is 1.15 bits per heavy atom. The summed E-state index contributed by atoms with van der Waals surface area (Å²) >= 11 is 0. The van der Waals surface area contributed by atoms with Gasteiger partial charge in [-0.2, -0.15) is 0 Å². The van der Waals surface area contributed by atoms with Crippen LogP contribution in [0.2, 0.25) is 0 Å². The van der Waals surface area contributed by atoms with Crippen LogP contribution in [0.4, 0.5) is 5.95 Å². The third-order valence-electron chi connectivity index (χ3n) is 6.03. The lowest BCUT2D eigenvalue weighted by Crippen LogP contribution is -2.30. The van der Waals surface area contributed by atoms with Crippen molar-refractivity contribution in [3.63, 3.8) is 0 Å². The SMILES string of the molecule is CC(=O)c1cnc(N2C[C@@H]3CN(C)[C@@H](c4ccccc4C)[C@@H]3C2)nc1C.Cl. The van der Waals surface area contributed by atoms with Crippen molar-refractivity contribution in [1.29, 1.82) is 0 Å². The van der Waals surface area contributed by atoms with E-state index in [2.05, 4.69) is 58.0 Å². The molecule has 0 amide bonds. The summed E-state index contributed by atoms with van der Waals surface area (Å²) < 4.78 is 0. The smallest absolute Gasteiger partial charge is 0.225 e. The molecule has 2 saturated heterocycles. The molecule has 0 bridgehead atoms. The highest BCUT2D eigenvalue weighted by atomic mass is 35.5. The van der Waals surface area contributed by atoms with E-state index in [-0.39, 0.29) is 18.2 Å². The lowest BCUT2D eigenvalue weighted by Gasteiger charge is -2.28. The first-order valence-corrected chi connectivity index (χ1v) is 9.31. The maximum Gasteiger partial charge on any atom is 0.225 e. The van der Waals surface area contributed by atoms with E-state index in [0.717, 1.165) is 31.3 Å². The predicted octanol–water partition coefficient (Wildman–Crippen LogP) is 3.46. The molecule has 0 radical (unpaired) electrons. The van der Waals surface area contributed by atoms with Crippen LogP contribution in [0.25, 0.3) is 0 Å². The second-order valence-electron chi connectivity index (χ2n) is 7.80. The van der Waals surface area contributed by atoms with Crippen molar-refractivity contribution in [2.75, 3.05) is 31.6 Å². The first kappa shape index (κ1) is 19.8. The minimum atomic E-state index is 0. The number of carbonyl (C=O) groups is 1. The number of ketones is 1. The Morgan fingerprint density at radius 3 is 2.56 bits per heavy atom. The van der Waals surface area contributed by atoms with Crippen LogP contribution in [0.5, 0.6) is 0 Å². The number of aryl methyl sites for hydroxylation is 2. The third kappa shape index (κ3) is 3.46. The van der Waals surface area contributed by atoms with E-state index < -0.39 is 0 Å². The molecule has 0 spiro atoms. The van der Waals surface area contributed by atoms with Crippen molar-refractivity contribution in [2.24, 2.45) is 11.8 Å². The van der Waals surface area contributed by atoms with Crippen molar-refractivity contribution in [1.82, 2.24) is 14.9 Å². The summed E-state index contributed by atoms with van der Waals surface area (Å²) in [5, 5.41) is 0. The Hall–Kier alpha value is -1.98. The van der Waals surface area contributed by atoms with Crippen molar-refractivity contribution in [3.05, 3.63) is 52.8 Å². The van der Waals surface area contributed by atoms with Gasteiger partial charge in [0.2, 0.25) is 5.95 Å². The van der Waals surface area contributed by atoms with E-state index >= 15 is 0 Å². The molecule has 3 heterocycles. The summed E-state index contributed by atoms with van der Waals surface area (Å²) in [6.07, 6.45) is 1.68. The lowest BCUT2D eigenvalue weighted by atomic mass is 9.88. The molecule has 1 aromatic carbocycles. The number of nitrogens with zero attached hydrogens (tertiary/aromatic N) is 4. The first-order valence-electron chi connectivity index (χ1n) is 9.31. The van der Waals surface area contributed by atoms with Crippen LogP contribution in [0.1, 0.15) is 40.1 Å². The Labute approximate surface area is 167 Å². The van der Waals surface area contributed by atoms with Gasteiger partial charge < -0.3 is 4.90 Å². The van der Waals surface area contributed by atoms with Crippen LogP contribution in [0, 0.1) is 25.7 Å². The maximum absolute atomic E-state index is 11.6. The summed E-state index contributed by atoms with van der Waals surface area (Å²) in [7, 11) is 2.24. The molecule has 4 rings (SSSR count). The molecule has 0 saturated carbocycles. The monoisotopic (exact) mass is 386 g/mol. The van der Waals surface area contributed by atoms with Crippen molar-refractivity contribution >= 4 is 24.1 Å². The number of hydrogen-bond donors (Lipinski definition) is 0. The van der Waals surface area contributed by atoms with Crippen LogP contribution in [-0.2, 0) is 0 Å². The highest BCUT2D eigenvalue weighted by molar-refractivity contribution is 5.94. The largest absolute Gasteiger partial charge is 0.340 e. The van der Waals surface area contributed by atoms with Gasteiger partial charge in [-0.15, -0.1) is 12.4 Å². The molecule has 2 fully saturated rings. The summed E-state index contributed by atoms with van der Waals surface area (Å²) in [5.41, 5.74) is 4.19. The van der Waals surface area contributed by atoms with Gasteiger partial charge in [0.05, 0.1) is 11.3 Å². The molecule has 0 N–H and O–H groups in total. The molecular formula is C21H27ClN4O. The number of hydrogen-bond acceptors (Lipinski definition) is 5. The van der Waals surface area contributed by atoms with Gasteiger partial charge in [-0.25, -0.2) is 9.97 Å². The molecule has 1 aromatic heterocycles. The number of fused-ring (bicyclic) bond motifs is 1. The second kappa shape index (κ2) is 7.56. The average Bonchev–Trinajstić information content (AvgIpc) is 3.12. The summed E-state index contributed by atoms with van der Waals surface area (Å²) in [6, 6.07) is 9.17. The minimum Gasteiger partial charge on any atom is -0.340 e. The molecular weight excluding hydrogens is 360 g/mol. The van der Waals surface area contributed by atoms with Crippen molar-refractivity contribution < 1.29 is 4.79 Å². The van der Waals surface area contributed by atoms with E-state index in [4.69, 9.17) is 0 Å². The van der Waals surface area contributed by atoms with Gasteiger partial charge in [0, 0.05) is 37.8 Å². The summed E-state index contributed by atoms with van der Waals surface area (Å²) in [6.45, 7) is 8.71. The number of Topliss-reactive ketones (excluding diaryl/α,β-unsaturated/α-hetero) is 1. The van der Waals surface area contributed by atoms with E-state index in [9.17, 15) is 4.79 Å². The minimum absolute atomic E-state index is 0. The van der Waals surface area contributed by atoms with Crippen molar-refractivity contribution in [2.45, 2.75) is 26.8 Å². The topological polar surface area (TPSA) is 49.3 Å². The molecule has 5 nitrogen and oxygen atoms in total. The average molecular weight is 387 g/mol. The fraction of sp³-hybridized carbons (Fsp3) is 0.476. The molecule has 2 aromatic rings. The second-order valence-corrected chi connectivity index (χ2v) is 7.80. The molecule has 27 heavy (non-hydrogen) atoms. The van der Waals surface area contributed by atoms with E-state index in [1.165, 1.54) is 11.1 Å². The fourth-order valence-electron chi connectivity index (χ4n) is 4.76. The van der Waals surface area contributed by atoms with Gasteiger partial charge >= 0.3 is 0 Å². The molecule has 2 aliphatic rings. The van der Waals surface area contributed by atoms with Gasteiger partial charge in [-0.3, -0.25) is 9.69 Å². The number of carbonyl (C=O) groups excluding carboxylic acids is 1. The number of rotatable bonds is 3. The van der Waals surface area contributed by atoms with Gasteiger partial charge in [-0.1, -0.05) is 24.3 Å². The highest BCUT2D eigenvalue weighted by Crippen LogP contribution is 2.45. The van der Waals surface area contributed by atoms with Gasteiger partial charge in [0.15, 0.2) is 5.78 Å². The first-order chi connectivity index (χ1) is 12.5. The normalized spacial score (nSPS) is 24.6. The van der Waals surface area contributed by atoms with E-state index in [1.807, 2.05) is 6.92 Å². The summed E-state index contributed by atoms with van der Waals surface area (Å²) in [4.78, 5) is 25.5. The Kier molecular flexibility index (Phi) is 5.54. The third-order valence-corrected chi connectivity index (χ3v) is 6.03. The highest BCUT2D eigenvalue weighted by Gasteiger charge is 2.47. The van der Waals surface area contributed by atoms with Gasteiger partial charge in [0.25, 0.3) is 0 Å². The molecule has 144 valence electrons. The fourth-order valence-corrected chi connectivity index (χ4v) is 4.76. The Bertz CT molecular complexity index is 856. The van der Waals surface area contributed by atoms with Gasteiger partial charge in [-0.05, 0) is 44.9 Å². The number of benzene rings is 1. The molecule has 6 heteroatoms. The maximum atomic E-state index is 11.6. The van der Waals surface area contributed by atoms with Gasteiger partial charge in [0.1, 0.15) is 0 Å². The molecule has 0 aliphatic carbocycles. The number of anilines is 1. The number of halogens is 1. The molecule has 3 atom stereocenters. The standard InChI is InChI=1S/C21H26N4O.ClH/c1-13-7-5-6-8-17(13)20-19-12-25(11-16(19)10-24(20)4)21-22-9-18(15(3)26)14(2)23-21;/h5-9,16,19-20H,10-12H2,1-4H3;1H/t16-,19+,20-;/m0./s1. The van der Waals surface area contributed by atoms with Crippen LogP contribution < -0.4 is 4.90 Å². The Morgan fingerprint density at radius 2 is 1.89 bits per heavy atom. The molecule has 2 aliphatic heterocycles. The van der Waals surface area contributed by atoms with Crippen LogP contribution in [0.15, 0.2) is 30.5 Å². The zero-order chi connectivity index (χ0) is 18.4. The van der Waals surface area contributed by atoms with Crippen LogP contribution >= 0.6 is 12.4 Å². The number of likely N-dealkylation sites (tertiary alicyclic amines) is 1. The quantitative estimate of drug-likeness (QED) is 0.756. The van der Waals surface area contributed by atoms with E-state index in [0.29, 0.717) is 23.4 Å². The molecule has 0 unspecified atom stereocenters. The zero-order valence-corrected chi connectivity index (χ0v) is 17.2. The summed E-state index contributed by atoms with van der Waals surface area (Å²) in [5.74, 6) is 1.99. The van der Waals surface area contributed by atoms with E-state index in [1.54, 1.807) is 13.1 Å².